The fraction of sp³-hybridized carbons (Fsp3) is 0.333. The van der Waals surface area contributed by atoms with Gasteiger partial charge < -0.3 is 14.6 Å². The summed E-state index contributed by atoms with van der Waals surface area (Å²) in [4.78, 5) is 26.1. The summed E-state index contributed by atoms with van der Waals surface area (Å²) < 4.78 is 5.58. The normalized spacial score (nSPS) is 19.2. The number of rotatable bonds is 1. The van der Waals surface area contributed by atoms with Gasteiger partial charge >= 0.3 is 0 Å². The van der Waals surface area contributed by atoms with E-state index < -0.39 is 0 Å². The Balaban J connectivity index is 1.97. The number of piperazine rings is 1. The molecule has 1 saturated heterocycles. The van der Waals surface area contributed by atoms with Gasteiger partial charge in [-0.05, 0) is 19.1 Å². The molecule has 2 aromatic rings. The second-order valence-corrected chi connectivity index (χ2v) is 5.08. The van der Waals surface area contributed by atoms with Crippen molar-refractivity contribution in [1.82, 2.24) is 10.2 Å². The average Bonchev–Trinajstić information content (AvgIpc) is 2.46. The molecule has 0 bridgehead atoms. The van der Waals surface area contributed by atoms with Crippen molar-refractivity contribution < 1.29 is 9.21 Å². The van der Waals surface area contributed by atoms with Crippen molar-refractivity contribution in [3.63, 3.8) is 0 Å². The number of hydrogen-bond acceptors (Lipinski definition) is 4. The highest BCUT2D eigenvalue weighted by atomic mass is 16.3. The molecule has 0 unspecified atom stereocenters. The van der Waals surface area contributed by atoms with Crippen LogP contribution in [0.5, 0.6) is 0 Å². The van der Waals surface area contributed by atoms with E-state index in [2.05, 4.69) is 5.32 Å². The number of amides is 1. The van der Waals surface area contributed by atoms with Crippen molar-refractivity contribution in [3.8, 4) is 0 Å². The van der Waals surface area contributed by atoms with E-state index in [1.807, 2.05) is 6.92 Å². The molecule has 5 heteroatoms. The predicted molar refractivity (Wildman–Crippen MR) is 75.9 cm³/mol. The van der Waals surface area contributed by atoms with Crippen molar-refractivity contribution in [2.75, 3.05) is 19.6 Å². The van der Waals surface area contributed by atoms with E-state index in [1.165, 1.54) is 6.07 Å². The Morgan fingerprint density at radius 2 is 2.20 bits per heavy atom. The molecular formula is C15H16N2O3. The molecule has 1 N–H and O–H groups in total. The summed E-state index contributed by atoms with van der Waals surface area (Å²) in [7, 11) is 0. The minimum absolute atomic E-state index is 0.114. The van der Waals surface area contributed by atoms with Gasteiger partial charge in [0.1, 0.15) is 5.58 Å². The zero-order valence-electron chi connectivity index (χ0n) is 11.3. The van der Waals surface area contributed by atoms with Crippen LogP contribution >= 0.6 is 0 Å². The van der Waals surface area contributed by atoms with Gasteiger partial charge in [0, 0.05) is 31.7 Å². The van der Waals surface area contributed by atoms with Crippen LogP contribution in [0.15, 0.2) is 39.5 Å². The van der Waals surface area contributed by atoms with Crippen LogP contribution in [-0.4, -0.2) is 36.5 Å². The van der Waals surface area contributed by atoms with E-state index in [9.17, 15) is 9.59 Å². The van der Waals surface area contributed by atoms with Crippen molar-refractivity contribution in [1.29, 1.82) is 0 Å². The summed E-state index contributed by atoms with van der Waals surface area (Å²) in [6.07, 6.45) is 0. The van der Waals surface area contributed by atoms with Crippen molar-refractivity contribution in [2.24, 2.45) is 0 Å². The lowest BCUT2D eigenvalue weighted by Crippen LogP contribution is -2.51. The van der Waals surface area contributed by atoms with E-state index in [1.54, 1.807) is 29.2 Å². The second-order valence-electron chi connectivity index (χ2n) is 5.08. The van der Waals surface area contributed by atoms with Crippen LogP contribution < -0.4 is 10.7 Å². The third-order valence-electron chi connectivity index (χ3n) is 3.50. The summed E-state index contributed by atoms with van der Waals surface area (Å²) in [6, 6.07) is 8.50. The molecule has 1 atom stereocenters. The second kappa shape index (κ2) is 5.09. The average molecular weight is 272 g/mol. The number of hydrogen-bond donors (Lipinski definition) is 1. The Hall–Kier alpha value is -2.14. The van der Waals surface area contributed by atoms with Gasteiger partial charge in [-0.2, -0.15) is 0 Å². The molecular weight excluding hydrogens is 256 g/mol. The van der Waals surface area contributed by atoms with E-state index in [0.717, 1.165) is 6.54 Å². The maximum atomic E-state index is 12.4. The fourth-order valence-electron chi connectivity index (χ4n) is 2.48. The van der Waals surface area contributed by atoms with Crippen LogP contribution in [0.25, 0.3) is 11.0 Å². The quantitative estimate of drug-likeness (QED) is 0.848. The molecule has 1 aromatic carbocycles. The fourth-order valence-corrected chi connectivity index (χ4v) is 2.48. The highest BCUT2D eigenvalue weighted by Crippen LogP contribution is 2.14. The minimum Gasteiger partial charge on any atom is -0.451 e. The number of nitrogens with one attached hydrogen (secondary N) is 1. The Morgan fingerprint density at radius 1 is 1.40 bits per heavy atom. The first kappa shape index (κ1) is 12.9. The number of benzene rings is 1. The predicted octanol–water partition coefficient (Wildman–Crippen LogP) is 1.23. The molecule has 1 aliphatic heterocycles. The molecule has 0 saturated carbocycles. The number of carbonyl (C=O) groups excluding carboxylic acids is 1. The molecule has 1 aliphatic rings. The summed E-state index contributed by atoms with van der Waals surface area (Å²) in [5.41, 5.74) is 0.268. The minimum atomic E-state index is -0.221. The Bertz CT molecular complexity index is 708. The van der Waals surface area contributed by atoms with Gasteiger partial charge in [0.15, 0.2) is 11.2 Å². The summed E-state index contributed by atoms with van der Waals surface area (Å²) in [5, 5.41) is 3.77. The van der Waals surface area contributed by atoms with Crippen LogP contribution in [0.1, 0.15) is 17.5 Å². The lowest BCUT2D eigenvalue weighted by atomic mass is 10.2. The third-order valence-corrected chi connectivity index (χ3v) is 3.50. The Labute approximate surface area is 116 Å². The van der Waals surface area contributed by atoms with E-state index in [4.69, 9.17) is 4.42 Å². The van der Waals surface area contributed by atoms with Crippen molar-refractivity contribution in [2.45, 2.75) is 13.0 Å². The lowest BCUT2D eigenvalue weighted by Gasteiger charge is -2.31. The summed E-state index contributed by atoms with van der Waals surface area (Å²) in [6.45, 7) is 4.02. The number of nitrogens with zero attached hydrogens (tertiary/aromatic N) is 1. The molecule has 104 valence electrons. The summed E-state index contributed by atoms with van der Waals surface area (Å²) >= 11 is 0. The van der Waals surface area contributed by atoms with Gasteiger partial charge in [0.2, 0.25) is 0 Å². The highest BCUT2D eigenvalue weighted by molar-refractivity contribution is 5.93. The van der Waals surface area contributed by atoms with Crippen LogP contribution in [0.3, 0.4) is 0 Å². The van der Waals surface area contributed by atoms with Gasteiger partial charge in [-0.25, -0.2) is 0 Å². The van der Waals surface area contributed by atoms with Crippen LogP contribution in [0.2, 0.25) is 0 Å². The van der Waals surface area contributed by atoms with Crippen LogP contribution in [0, 0.1) is 0 Å². The molecule has 5 nitrogen and oxygen atoms in total. The van der Waals surface area contributed by atoms with Gasteiger partial charge in [-0.15, -0.1) is 0 Å². The SMILES string of the molecule is C[C@H]1CN(C(=O)c2cc(=O)c3ccccc3o2)CCN1. The number of para-hydroxylation sites is 1. The number of carbonyl (C=O) groups is 1. The lowest BCUT2D eigenvalue weighted by molar-refractivity contribution is 0.0677. The largest absolute Gasteiger partial charge is 0.451 e. The first-order valence-electron chi connectivity index (χ1n) is 6.71. The van der Waals surface area contributed by atoms with Gasteiger partial charge in [-0.3, -0.25) is 9.59 Å². The van der Waals surface area contributed by atoms with E-state index in [0.29, 0.717) is 24.1 Å². The molecule has 1 amide bonds. The Kier molecular flexibility index (Phi) is 3.28. The first-order chi connectivity index (χ1) is 9.65. The van der Waals surface area contributed by atoms with Crippen molar-refractivity contribution >= 4 is 16.9 Å². The smallest absolute Gasteiger partial charge is 0.289 e. The van der Waals surface area contributed by atoms with Gasteiger partial charge in [-0.1, -0.05) is 12.1 Å². The highest BCUT2D eigenvalue weighted by Gasteiger charge is 2.24. The molecule has 1 fully saturated rings. The van der Waals surface area contributed by atoms with Crippen LogP contribution in [-0.2, 0) is 0 Å². The molecule has 2 heterocycles. The zero-order valence-corrected chi connectivity index (χ0v) is 11.3. The third kappa shape index (κ3) is 2.32. The Morgan fingerprint density at radius 3 is 3.00 bits per heavy atom. The van der Waals surface area contributed by atoms with Crippen molar-refractivity contribution in [3.05, 3.63) is 46.3 Å². The topological polar surface area (TPSA) is 62.6 Å². The van der Waals surface area contributed by atoms with Gasteiger partial charge in [0.05, 0.1) is 5.39 Å². The molecule has 0 spiro atoms. The van der Waals surface area contributed by atoms with Crippen LogP contribution in [0.4, 0.5) is 0 Å². The molecule has 1 aromatic heterocycles. The maximum absolute atomic E-state index is 12.4. The molecule has 0 radical (unpaired) electrons. The summed E-state index contributed by atoms with van der Waals surface area (Å²) in [5.74, 6) is -0.107. The molecule has 0 aliphatic carbocycles. The molecule has 3 rings (SSSR count). The monoisotopic (exact) mass is 272 g/mol. The molecule has 20 heavy (non-hydrogen) atoms. The van der Waals surface area contributed by atoms with E-state index >= 15 is 0 Å². The standard InChI is InChI=1S/C15H16N2O3/c1-10-9-17(7-6-16-10)15(19)14-8-12(18)11-4-2-3-5-13(11)20-14/h2-5,8,10,16H,6-7,9H2,1H3/t10-/m0/s1. The van der Waals surface area contributed by atoms with Gasteiger partial charge in [0.25, 0.3) is 5.91 Å². The zero-order chi connectivity index (χ0) is 14.1. The first-order valence-corrected chi connectivity index (χ1v) is 6.71. The maximum Gasteiger partial charge on any atom is 0.289 e. The van der Waals surface area contributed by atoms with E-state index in [-0.39, 0.29) is 23.1 Å². The number of fused-ring (bicyclic) bond motifs is 1.